The molecule has 1 aliphatic rings. The minimum Gasteiger partial charge on any atom is -0.387 e. The van der Waals surface area contributed by atoms with Crippen LogP contribution >= 0.6 is 39.3 Å². The lowest BCUT2D eigenvalue weighted by Crippen LogP contribution is -2.18. The van der Waals surface area contributed by atoms with Gasteiger partial charge in [0.2, 0.25) is 0 Å². The van der Waals surface area contributed by atoms with Gasteiger partial charge in [-0.25, -0.2) is 0 Å². The maximum absolute atomic E-state index is 9.98. The summed E-state index contributed by atoms with van der Waals surface area (Å²) in [4.78, 5) is 0. The Balaban J connectivity index is 2.54. The molecule has 1 nitrogen and oxygen atoms in total. The molecule has 2 atom stereocenters. The molecule has 1 heterocycles. The van der Waals surface area contributed by atoms with E-state index in [0.717, 1.165) is 26.4 Å². The van der Waals surface area contributed by atoms with Gasteiger partial charge >= 0.3 is 0 Å². The summed E-state index contributed by atoms with van der Waals surface area (Å²) in [5.74, 6) is 0.889. The van der Waals surface area contributed by atoms with Gasteiger partial charge in [0.1, 0.15) is 0 Å². The summed E-state index contributed by atoms with van der Waals surface area (Å²) in [5, 5.41) is 11.0. The number of fused-ring (bicyclic) bond motifs is 1. The second kappa shape index (κ2) is 4.05. The second-order valence-electron chi connectivity index (χ2n) is 3.42. The van der Waals surface area contributed by atoms with E-state index < -0.39 is 6.10 Å². The average Bonchev–Trinajstić information content (AvgIpc) is 2.12. The molecular weight excluding hydrogens is 284 g/mol. The maximum Gasteiger partial charge on any atom is 0.0909 e. The molecule has 2 rings (SSSR count). The minimum atomic E-state index is -0.404. The van der Waals surface area contributed by atoms with Gasteiger partial charge in [-0.05, 0) is 23.3 Å². The molecule has 0 amide bonds. The first kappa shape index (κ1) is 10.8. The van der Waals surface area contributed by atoms with E-state index in [1.807, 2.05) is 19.1 Å². The molecule has 4 heteroatoms. The lowest BCUT2D eigenvalue weighted by molar-refractivity contribution is 0.177. The smallest absolute Gasteiger partial charge is 0.0909 e. The fourth-order valence-corrected chi connectivity index (χ4v) is 3.66. The van der Waals surface area contributed by atoms with Gasteiger partial charge in [-0.15, -0.1) is 0 Å². The molecule has 1 N–H and O–H groups in total. The van der Waals surface area contributed by atoms with Crippen molar-refractivity contribution in [1.82, 2.24) is 0 Å². The van der Waals surface area contributed by atoms with E-state index in [4.69, 9.17) is 11.6 Å². The van der Waals surface area contributed by atoms with Crippen LogP contribution in [0.25, 0.3) is 0 Å². The lowest BCUT2D eigenvalue weighted by Gasteiger charge is -2.27. The summed E-state index contributed by atoms with van der Waals surface area (Å²) < 4.78 is 0.930. The van der Waals surface area contributed by atoms with Crippen LogP contribution in [0.2, 0.25) is 5.02 Å². The Morgan fingerprint density at radius 3 is 3.00 bits per heavy atom. The molecule has 1 aliphatic heterocycles. The third kappa shape index (κ3) is 1.83. The van der Waals surface area contributed by atoms with Crippen molar-refractivity contribution in [3.63, 3.8) is 0 Å². The van der Waals surface area contributed by atoms with Crippen LogP contribution in [0.1, 0.15) is 24.2 Å². The van der Waals surface area contributed by atoms with Crippen LogP contribution < -0.4 is 0 Å². The zero-order valence-corrected chi connectivity index (χ0v) is 10.8. The Labute approximate surface area is 101 Å². The molecular formula is C10H10BrClOS. The summed E-state index contributed by atoms with van der Waals surface area (Å²) in [6, 6.07) is 3.84. The summed E-state index contributed by atoms with van der Waals surface area (Å²) in [7, 11) is 0. The van der Waals surface area contributed by atoms with Crippen molar-refractivity contribution in [3.05, 3.63) is 32.8 Å². The van der Waals surface area contributed by atoms with E-state index in [1.54, 1.807) is 11.8 Å². The molecule has 0 saturated carbocycles. The first-order valence-electron chi connectivity index (χ1n) is 4.37. The summed E-state index contributed by atoms with van der Waals surface area (Å²) >= 11 is 11.2. The third-order valence-corrected chi connectivity index (χ3v) is 4.48. The molecule has 1 aromatic carbocycles. The molecule has 76 valence electrons. The van der Waals surface area contributed by atoms with Gasteiger partial charge in [-0.3, -0.25) is 0 Å². The number of halogens is 2. The Kier molecular flexibility index (Phi) is 3.12. The number of thioether (sulfide) groups is 1. The fourth-order valence-electron chi connectivity index (χ4n) is 1.60. The number of rotatable bonds is 0. The van der Waals surface area contributed by atoms with Crippen molar-refractivity contribution in [2.24, 2.45) is 0 Å². The Bertz CT molecular complexity index is 369. The summed E-state index contributed by atoms with van der Waals surface area (Å²) in [5.41, 5.74) is 2.04. The van der Waals surface area contributed by atoms with Crippen molar-refractivity contribution in [3.8, 4) is 0 Å². The van der Waals surface area contributed by atoms with Gasteiger partial charge in [0.05, 0.1) is 6.10 Å². The number of hydrogen-bond acceptors (Lipinski definition) is 2. The van der Waals surface area contributed by atoms with E-state index >= 15 is 0 Å². The summed E-state index contributed by atoms with van der Waals surface area (Å²) in [6.45, 7) is 2.03. The van der Waals surface area contributed by atoms with Crippen molar-refractivity contribution >= 4 is 39.3 Å². The highest BCUT2D eigenvalue weighted by Crippen LogP contribution is 2.41. The maximum atomic E-state index is 9.98. The van der Waals surface area contributed by atoms with E-state index in [-0.39, 0.29) is 5.25 Å². The number of aliphatic hydroxyl groups excluding tert-OH is 1. The van der Waals surface area contributed by atoms with Gasteiger partial charge in [0.15, 0.2) is 0 Å². The van der Waals surface area contributed by atoms with E-state index in [0.29, 0.717) is 0 Å². The molecule has 0 fully saturated rings. The van der Waals surface area contributed by atoms with E-state index in [2.05, 4.69) is 15.9 Å². The highest BCUT2D eigenvalue weighted by atomic mass is 79.9. The number of aliphatic hydroxyl groups is 1. The highest BCUT2D eigenvalue weighted by molar-refractivity contribution is 9.10. The van der Waals surface area contributed by atoms with Gasteiger partial charge in [0.25, 0.3) is 0 Å². The fraction of sp³-hybridized carbons (Fsp3) is 0.400. The predicted molar refractivity (Wildman–Crippen MR) is 64.9 cm³/mol. The van der Waals surface area contributed by atoms with Crippen LogP contribution in [0, 0.1) is 0 Å². The van der Waals surface area contributed by atoms with Crippen LogP contribution in [0.4, 0.5) is 0 Å². The first-order chi connectivity index (χ1) is 6.59. The number of benzene rings is 1. The average molecular weight is 294 g/mol. The molecule has 0 aromatic heterocycles. The van der Waals surface area contributed by atoms with Gasteiger partial charge in [-0.2, -0.15) is 11.8 Å². The second-order valence-corrected chi connectivity index (χ2v) is 6.10. The first-order valence-corrected chi connectivity index (χ1v) is 6.59. The van der Waals surface area contributed by atoms with Crippen LogP contribution in [-0.4, -0.2) is 10.4 Å². The SMILES string of the molecule is CC1SCc2c(Cl)cc(Br)cc2C1O. The topological polar surface area (TPSA) is 20.2 Å². The Morgan fingerprint density at radius 1 is 1.57 bits per heavy atom. The van der Waals surface area contributed by atoms with Crippen molar-refractivity contribution in [1.29, 1.82) is 0 Å². The molecule has 14 heavy (non-hydrogen) atoms. The monoisotopic (exact) mass is 292 g/mol. The summed E-state index contributed by atoms with van der Waals surface area (Å²) in [6.07, 6.45) is -0.404. The molecule has 0 spiro atoms. The Morgan fingerprint density at radius 2 is 2.29 bits per heavy atom. The van der Waals surface area contributed by atoms with Crippen molar-refractivity contribution < 1.29 is 5.11 Å². The van der Waals surface area contributed by atoms with Crippen LogP contribution in [0.15, 0.2) is 16.6 Å². The molecule has 0 bridgehead atoms. The quantitative estimate of drug-likeness (QED) is 0.786. The van der Waals surface area contributed by atoms with E-state index in [9.17, 15) is 5.11 Å². The zero-order chi connectivity index (χ0) is 10.3. The molecule has 0 radical (unpaired) electrons. The Hall–Kier alpha value is 0.300. The molecule has 1 aromatic rings. The number of hydrogen-bond donors (Lipinski definition) is 1. The van der Waals surface area contributed by atoms with Crippen molar-refractivity contribution in [2.75, 3.05) is 0 Å². The third-order valence-electron chi connectivity index (χ3n) is 2.45. The van der Waals surface area contributed by atoms with Crippen LogP contribution in [-0.2, 0) is 5.75 Å². The predicted octanol–water partition coefficient (Wildman–Crippen LogP) is 3.77. The highest BCUT2D eigenvalue weighted by Gasteiger charge is 2.26. The van der Waals surface area contributed by atoms with Crippen LogP contribution in [0.5, 0.6) is 0 Å². The van der Waals surface area contributed by atoms with Gasteiger partial charge < -0.3 is 5.11 Å². The molecule has 0 aliphatic carbocycles. The lowest BCUT2D eigenvalue weighted by atomic mass is 10.0. The largest absolute Gasteiger partial charge is 0.387 e. The zero-order valence-electron chi connectivity index (χ0n) is 7.63. The minimum absolute atomic E-state index is 0.243. The standard InChI is InChI=1S/C10H10BrClOS/c1-5-10(13)7-2-6(11)3-9(12)8(7)4-14-5/h2-3,5,10,13H,4H2,1H3. The van der Waals surface area contributed by atoms with Gasteiger partial charge in [0, 0.05) is 20.5 Å². The van der Waals surface area contributed by atoms with E-state index in [1.165, 1.54) is 0 Å². The molecule has 2 unspecified atom stereocenters. The van der Waals surface area contributed by atoms with Crippen LogP contribution in [0.3, 0.4) is 0 Å². The molecule has 0 saturated heterocycles. The van der Waals surface area contributed by atoms with Gasteiger partial charge in [-0.1, -0.05) is 34.5 Å². The normalized spacial score (nSPS) is 26.0. The van der Waals surface area contributed by atoms with Crippen molar-refractivity contribution in [2.45, 2.75) is 24.0 Å².